The van der Waals surface area contributed by atoms with E-state index in [0.29, 0.717) is 5.65 Å². The van der Waals surface area contributed by atoms with Crippen LogP contribution in [0.3, 0.4) is 0 Å². The molecule has 0 spiro atoms. The summed E-state index contributed by atoms with van der Waals surface area (Å²) in [4.78, 5) is 16.2. The van der Waals surface area contributed by atoms with Gasteiger partial charge in [0, 0.05) is 12.4 Å². The molecule has 0 aliphatic heterocycles. The van der Waals surface area contributed by atoms with Crippen molar-refractivity contribution in [2.45, 2.75) is 13.3 Å². The van der Waals surface area contributed by atoms with E-state index in [0.717, 1.165) is 17.6 Å². The fraction of sp³-hybridized carbons (Fsp3) is 0.250. The van der Waals surface area contributed by atoms with Crippen LogP contribution in [0, 0.1) is 0 Å². The molecule has 0 radical (unpaired) electrons. The van der Waals surface area contributed by atoms with E-state index in [2.05, 4.69) is 19.9 Å². The van der Waals surface area contributed by atoms with Gasteiger partial charge in [0.1, 0.15) is 5.52 Å². The number of aromatic nitrogens is 4. The third-order valence-electron chi connectivity index (χ3n) is 1.71. The van der Waals surface area contributed by atoms with Gasteiger partial charge in [-0.1, -0.05) is 6.92 Å². The van der Waals surface area contributed by atoms with E-state index in [9.17, 15) is 0 Å². The maximum absolute atomic E-state index is 5.71. The predicted molar refractivity (Wildman–Crippen MR) is 49.5 cm³/mol. The third kappa shape index (κ3) is 1.45. The number of hydrogen-bond donors (Lipinski definition) is 0. The average Bonchev–Trinajstić information content (AvgIpc) is 2.16. The summed E-state index contributed by atoms with van der Waals surface area (Å²) in [6.45, 7) is 1.99. The van der Waals surface area contributed by atoms with Crippen LogP contribution in [-0.2, 0) is 6.42 Å². The second kappa shape index (κ2) is 3.22. The molecule has 2 aromatic heterocycles. The third-order valence-corrected chi connectivity index (χ3v) is 1.88. The summed E-state index contributed by atoms with van der Waals surface area (Å²) in [5, 5.41) is 0.227. The molecule has 2 aromatic rings. The van der Waals surface area contributed by atoms with Crippen LogP contribution >= 0.6 is 11.6 Å². The molecule has 0 unspecified atom stereocenters. The predicted octanol–water partition coefficient (Wildman–Crippen LogP) is 1.64. The molecular weight excluding hydrogens is 188 g/mol. The lowest BCUT2D eigenvalue weighted by molar-refractivity contribution is 1.01. The van der Waals surface area contributed by atoms with Gasteiger partial charge in [0.05, 0.1) is 5.69 Å². The number of aryl methyl sites for hydroxylation is 1. The van der Waals surface area contributed by atoms with E-state index in [-0.39, 0.29) is 5.28 Å². The number of fused-ring (bicyclic) bond motifs is 1. The molecule has 66 valence electrons. The maximum Gasteiger partial charge on any atom is 0.224 e. The van der Waals surface area contributed by atoms with E-state index in [1.165, 1.54) is 0 Å². The molecule has 13 heavy (non-hydrogen) atoms. The quantitative estimate of drug-likeness (QED) is 0.648. The number of rotatable bonds is 1. The molecule has 2 heterocycles. The van der Waals surface area contributed by atoms with Crippen molar-refractivity contribution in [2.24, 2.45) is 0 Å². The second-order valence-corrected chi connectivity index (χ2v) is 2.86. The zero-order valence-corrected chi connectivity index (χ0v) is 7.78. The fourth-order valence-corrected chi connectivity index (χ4v) is 1.32. The van der Waals surface area contributed by atoms with E-state index in [1.807, 2.05) is 6.92 Å². The van der Waals surface area contributed by atoms with Crippen LogP contribution in [0.5, 0.6) is 0 Å². The summed E-state index contributed by atoms with van der Waals surface area (Å²) in [7, 11) is 0. The highest BCUT2D eigenvalue weighted by atomic mass is 35.5. The Hall–Kier alpha value is -1.29. The van der Waals surface area contributed by atoms with Gasteiger partial charge in [-0.3, -0.25) is 0 Å². The Labute approximate surface area is 80.0 Å². The smallest absolute Gasteiger partial charge is 0.224 e. The van der Waals surface area contributed by atoms with Crippen LogP contribution < -0.4 is 0 Å². The highest BCUT2D eigenvalue weighted by Crippen LogP contribution is 2.13. The molecule has 2 rings (SSSR count). The van der Waals surface area contributed by atoms with Crippen LogP contribution in [0.2, 0.25) is 5.28 Å². The highest BCUT2D eigenvalue weighted by Gasteiger charge is 2.05. The first kappa shape index (κ1) is 8.31. The first-order valence-corrected chi connectivity index (χ1v) is 4.32. The molecule has 5 heteroatoms. The van der Waals surface area contributed by atoms with Gasteiger partial charge < -0.3 is 0 Å². The lowest BCUT2D eigenvalue weighted by Crippen LogP contribution is -1.96. The molecular formula is C8H7ClN4. The zero-order chi connectivity index (χ0) is 9.26. The van der Waals surface area contributed by atoms with Crippen molar-refractivity contribution < 1.29 is 0 Å². The van der Waals surface area contributed by atoms with E-state index < -0.39 is 0 Å². The van der Waals surface area contributed by atoms with E-state index >= 15 is 0 Å². The summed E-state index contributed by atoms with van der Waals surface area (Å²) < 4.78 is 0. The number of halogens is 1. The summed E-state index contributed by atoms with van der Waals surface area (Å²) in [6.07, 6.45) is 3.99. The molecule has 0 atom stereocenters. The molecule has 0 N–H and O–H groups in total. The SMILES string of the molecule is CCc1nc(Cl)nc2nccnc12. The first-order valence-electron chi connectivity index (χ1n) is 3.94. The number of nitrogens with zero attached hydrogens (tertiary/aromatic N) is 4. The van der Waals surface area contributed by atoms with Gasteiger partial charge in [0.2, 0.25) is 5.28 Å². The topological polar surface area (TPSA) is 51.6 Å². The molecule has 0 aromatic carbocycles. The molecule has 0 bridgehead atoms. The van der Waals surface area contributed by atoms with Crippen LogP contribution in [0.1, 0.15) is 12.6 Å². The van der Waals surface area contributed by atoms with Crippen LogP contribution in [-0.4, -0.2) is 19.9 Å². The van der Waals surface area contributed by atoms with Gasteiger partial charge in [-0.2, -0.15) is 4.98 Å². The van der Waals surface area contributed by atoms with Crippen molar-refractivity contribution >= 4 is 22.8 Å². The monoisotopic (exact) mass is 194 g/mol. The minimum absolute atomic E-state index is 0.227. The zero-order valence-electron chi connectivity index (χ0n) is 7.03. The van der Waals surface area contributed by atoms with Crippen LogP contribution in [0.25, 0.3) is 11.2 Å². The fourth-order valence-electron chi connectivity index (χ4n) is 1.14. The van der Waals surface area contributed by atoms with E-state index in [1.54, 1.807) is 12.4 Å². The van der Waals surface area contributed by atoms with Crippen molar-refractivity contribution in [1.82, 2.24) is 19.9 Å². The Balaban J connectivity index is 2.81. The van der Waals surface area contributed by atoms with Crippen molar-refractivity contribution in [3.63, 3.8) is 0 Å². The van der Waals surface area contributed by atoms with Gasteiger partial charge in [-0.05, 0) is 18.0 Å². The molecule has 0 fully saturated rings. The first-order chi connectivity index (χ1) is 6.31. The largest absolute Gasteiger partial charge is 0.249 e. The van der Waals surface area contributed by atoms with Gasteiger partial charge in [-0.15, -0.1) is 0 Å². The minimum atomic E-state index is 0.227. The summed E-state index contributed by atoms with van der Waals surface area (Å²) in [5.74, 6) is 0. The van der Waals surface area contributed by atoms with Crippen molar-refractivity contribution in [2.75, 3.05) is 0 Å². The standard InChI is InChI=1S/C8H7ClN4/c1-2-5-6-7(11-4-3-10-6)13-8(9)12-5/h3-4H,2H2,1H3. The van der Waals surface area contributed by atoms with Crippen molar-refractivity contribution in [3.8, 4) is 0 Å². The lowest BCUT2D eigenvalue weighted by atomic mass is 10.3. The summed E-state index contributed by atoms with van der Waals surface area (Å²) in [6, 6.07) is 0. The highest BCUT2D eigenvalue weighted by molar-refractivity contribution is 6.28. The van der Waals surface area contributed by atoms with Crippen molar-refractivity contribution in [1.29, 1.82) is 0 Å². The average molecular weight is 195 g/mol. The minimum Gasteiger partial charge on any atom is -0.249 e. The molecule has 0 amide bonds. The van der Waals surface area contributed by atoms with Gasteiger partial charge >= 0.3 is 0 Å². The van der Waals surface area contributed by atoms with Gasteiger partial charge in [0.25, 0.3) is 0 Å². The van der Waals surface area contributed by atoms with Crippen molar-refractivity contribution in [3.05, 3.63) is 23.4 Å². The van der Waals surface area contributed by atoms with Gasteiger partial charge in [0.15, 0.2) is 5.65 Å². The summed E-state index contributed by atoms with van der Waals surface area (Å²) in [5.41, 5.74) is 2.12. The maximum atomic E-state index is 5.71. The Morgan fingerprint density at radius 2 is 2.00 bits per heavy atom. The Bertz CT molecular complexity index is 443. The second-order valence-electron chi connectivity index (χ2n) is 2.52. The van der Waals surface area contributed by atoms with Gasteiger partial charge in [-0.25, -0.2) is 15.0 Å². The molecule has 0 saturated heterocycles. The Kier molecular flexibility index (Phi) is 2.06. The number of hydrogen-bond acceptors (Lipinski definition) is 4. The molecule has 4 nitrogen and oxygen atoms in total. The van der Waals surface area contributed by atoms with E-state index in [4.69, 9.17) is 11.6 Å². The molecule has 0 aliphatic rings. The summed E-state index contributed by atoms with van der Waals surface area (Å²) >= 11 is 5.71. The molecule has 0 saturated carbocycles. The van der Waals surface area contributed by atoms with Crippen LogP contribution in [0.15, 0.2) is 12.4 Å². The molecule has 0 aliphatic carbocycles. The van der Waals surface area contributed by atoms with Crippen LogP contribution in [0.4, 0.5) is 0 Å². The lowest BCUT2D eigenvalue weighted by Gasteiger charge is -2.00. The Morgan fingerprint density at radius 1 is 1.23 bits per heavy atom. The Morgan fingerprint density at radius 3 is 2.77 bits per heavy atom. The normalized spacial score (nSPS) is 10.6.